The van der Waals surface area contributed by atoms with Gasteiger partial charge in [-0.1, -0.05) is 23.2 Å². The lowest BCUT2D eigenvalue weighted by molar-refractivity contribution is 0.379. The Morgan fingerprint density at radius 3 is 2.45 bits per heavy atom. The summed E-state index contributed by atoms with van der Waals surface area (Å²) in [6, 6.07) is 2.35. The Hall–Kier alpha value is -1.17. The first-order chi connectivity index (χ1) is 9.38. The third-order valence-electron chi connectivity index (χ3n) is 2.92. The molecule has 0 bridgehead atoms. The van der Waals surface area contributed by atoms with Crippen molar-refractivity contribution in [2.45, 2.75) is 32.9 Å². The molecule has 0 fully saturated rings. The second kappa shape index (κ2) is 6.08. The maximum Gasteiger partial charge on any atom is 0.233 e. The Balaban J connectivity index is 2.16. The first-order valence-electron chi connectivity index (χ1n) is 6.09. The zero-order chi connectivity index (χ0) is 14.9. The fraction of sp³-hybridized carbons (Fsp3) is 0.385. The highest BCUT2D eigenvalue weighted by atomic mass is 35.5. The van der Waals surface area contributed by atoms with E-state index in [9.17, 15) is 4.39 Å². The van der Waals surface area contributed by atoms with Crippen molar-refractivity contribution in [3.05, 3.63) is 45.3 Å². The third kappa shape index (κ3) is 3.29. The molecule has 0 unspecified atom stereocenters. The minimum atomic E-state index is -0.499. The lowest BCUT2D eigenvalue weighted by atomic mass is 10.1. The van der Waals surface area contributed by atoms with E-state index in [4.69, 9.17) is 27.6 Å². The molecule has 2 rings (SSSR count). The molecule has 0 spiro atoms. The van der Waals surface area contributed by atoms with Crippen LogP contribution in [0.25, 0.3) is 0 Å². The summed E-state index contributed by atoms with van der Waals surface area (Å²) in [4.78, 5) is 0. The summed E-state index contributed by atoms with van der Waals surface area (Å²) < 4.78 is 18.9. The standard InChI is InChI=1S/C13H14Cl2FN3O/c1-6(9-4-12(16)11(15)5-10(9)14)17-7(2)13-19-18-8(3)20-13/h4-7,17H,1-3H3/t6-,7+/m0/s1. The maximum absolute atomic E-state index is 13.5. The molecule has 0 aliphatic carbocycles. The Labute approximate surface area is 126 Å². The average molecular weight is 318 g/mol. The first-order valence-corrected chi connectivity index (χ1v) is 6.84. The highest BCUT2D eigenvalue weighted by Gasteiger charge is 2.19. The van der Waals surface area contributed by atoms with Gasteiger partial charge in [0.05, 0.1) is 11.1 Å². The highest BCUT2D eigenvalue weighted by Crippen LogP contribution is 2.29. The molecule has 0 amide bonds. The molecule has 108 valence electrons. The number of nitrogens with zero attached hydrogens (tertiary/aromatic N) is 2. The van der Waals surface area contributed by atoms with Gasteiger partial charge in [0.25, 0.3) is 0 Å². The number of aromatic nitrogens is 2. The van der Waals surface area contributed by atoms with Crippen LogP contribution in [0.3, 0.4) is 0 Å². The van der Waals surface area contributed by atoms with Crippen molar-refractivity contribution in [3.63, 3.8) is 0 Å². The summed E-state index contributed by atoms with van der Waals surface area (Å²) in [5.41, 5.74) is 0.622. The number of hydrogen-bond donors (Lipinski definition) is 1. The predicted octanol–water partition coefficient (Wildman–Crippen LogP) is 4.24. The van der Waals surface area contributed by atoms with Gasteiger partial charge in [-0.25, -0.2) is 4.39 Å². The Morgan fingerprint density at radius 1 is 1.15 bits per heavy atom. The van der Waals surface area contributed by atoms with Crippen molar-refractivity contribution >= 4 is 23.2 Å². The molecular weight excluding hydrogens is 304 g/mol. The smallest absolute Gasteiger partial charge is 0.233 e. The Bertz CT molecular complexity index is 618. The van der Waals surface area contributed by atoms with Crippen molar-refractivity contribution in [1.29, 1.82) is 0 Å². The first kappa shape index (κ1) is 15.2. The fourth-order valence-corrected chi connectivity index (χ4v) is 2.44. The predicted molar refractivity (Wildman–Crippen MR) is 75.4 cm³/mol. The number of halogens is 3. The Morgan fingerprint density at radius 2 is 1.85 bits per heavy atom. The molecule has 0 aliphatic rings. The molecule has 20 heavy (non-hydrogen) atoms. The van der Waals surface area contributed by atoms with E-state index in [1.165, 1.54) is 12.1 Å². The summed E-state index contributed by atoms with van der Waals surface area (Å²) in [6.45, 7) is 5.47. The Kier molecular flexibility index (Phi) is 4.62. The second-order valence-corrected chi connectivity index (χ2v) is 5.37. The van der Waals surface area contributed by atoms with Gasteiger partial charge in [0.15, 0.2) is 0 Å². The molecule has 4 nitrogen and oxygen atoms in total. The van der Waals surface area contributed by atoms with Crippen molar-refractivity contribution in [2.75, 3.05) is 0 Å². The largest absolute Gasteiger partial charge is 0.424 e. The van der Waals surface area contributed by atoms with Crippen LogP contribution in [0.4, 0.5) is 4.39 Å². The van der Waals surface area contributed by atoms with Gasteiger partial charge in [0.1, 0.15) is 5.82 Å². The topological polar surface area (TPSA) is 51.0 Å². The van der Waals surface area contributed by atoms with Crippen LogP contribution in [0.5, 0.6) is 0 Å². The number of hydrogen-bond acceptors (Lipinski definition) is 4. The monoisotopic (exact) mass is 317 g/mol. The van der Waals surface area contributed by atoms with Gasteiger partial charge in [0.2, 0.25) is 11.8 Å². The van der Waals surface area contributed by atoms with E-state index >= 15 is 0 Å². The van der Waals surface area contributed by atoms with Crippen molar-refractivity contribution in [3.8, 4) is 0 Å². The molecule has 1 N–H and O–H groups in total. The number of benzene rings is 1. The van der Waals surface area contributed by atoms with Crippen LogP contribution >= 0.6 is 23.2 Å². The van der Waals surface area contributed by atoms with Crippen LogP contribution in [-0.4, -0.2) is 10.2 Å². The zero-order valence-corrected chi connectivity index (χ0v) is 12.8. The number of nitrogens with one attached hydrogen (secondary N) is 1. The minimum absolute atomic E-state index is 0.00604. The van der Waals surface area contributed by atoms with Gasteiger partial charge in [-0.2, -0.15) is 0 Å². The van der Waals surface area contributed by atoms with Crippen LogP contribution in [0.2, 0.25) is 10.0 Å². The quantitative estimate of drug-likeness (QED) is 0.857. The molecule has 0 aliphatic heterocycles. The molecule has 1 aromatic heterocycles. The molecule has 0 saturated carbocycles. The van der Waals surface area contributed by atoms with Crippen molar-refractivity contribution in [2.24, 2.45) is 0 Å². The normalized spacial score (nSPS) is 14.3. The lowest BCUT2D eigenvalue weighted by Crippen LogP contribution is -2.23. The van der Waals surface area contributed by atoms with E-state index in [0.29, 0.717) is 22.4 Å². The molecular formula is C13H14Cl2FN3O. The van der Waals surface area contributed by atoms with Crippen LogP contribution in [0.1, 0.15) is 43.3 Å². The summed E-state index contributed by atoms with van der Waals surface area (Å²) in [6.07, 6.45) is 0. The maximum atomic E-state index is 13.5. The third-order valence-corrected chi connectivity index (χ3v) is 3.54. The fourth-order valence-electron chi connectivity index (χ4n) is 1.89. The van der Waals surface area contributed by atoms with Crippen LogP contribution < -0.4 is 5.32 Å². The van der Waals surface area contributed by atoms with Crippen LogP contribution in [-0.2, 0) is 0 Å². The van der Waals surface area contributed by atoms with Gasteiger partial charge in [-0.15, -0.1) is 10.2 Å². The number of aryl methyl sites for hydroxylation is 1. The van der Waals surface area contributed by atoms with E-state index in [-0.39, 0.29) is 17.1 Å². The summed E-state index contributed by atoms with van der Waals surface area (Å²) in [5.74, 6) is 0.470. The van der Waals surface area contributed by atoms with Crippen molar-refractivity contribution in [1.82, 2.24) is 15.5 Å². The van der Waals surface area contributed by atoms with Crippen molar-refractivity contribution < 1.29 is 8.81 Å². The summed E-state index contributed by atoms with van der Waals surface area (Å²) in [7, 11) is 0. The summed E-state index contributed by atoms with van der Waals surface area (Å²) in [5, 5.41) is 11.3. The number of rotatable bonds is 4. The van der Waals surface area contributed by atoms with Gasteiger partial charge >= 0.3 is 0 Å². The molecule has 2 atom stereocenters. The molecule has 2 aromatic rings. The zero-order valence-electron chi connectivity index (χ0n) is 11.2. The lowest BCUT2D eigenvalue weighted by Gasteiger charge is -2.19. The van der Waals surface area contributed by atoms with Gasteiger partial charge in [0, 0.05) is 18.0 Å². The van der Waals surface area contributed by atoms with E-state index < -0.39 is 5.82 Å². The molecule has 0 radical (unpaired) electrons. The second-order valence-electron chi connectivity index (χ2n) is 4.56. The summed E-state index contributed by atoms with van der Waals surface area (Å²) >= 11 is 11.8. The van der Waals surface area contributed by atoms with Crippen LogP contribution in [0, 0.1) is 12.7 Å². The van der Waals surface area contributed by atoms with E-state index in [2.05, 4.69) is 15.5 Å². The average Bonchev–Trinajstić information content (AvgIpc) is 2.80. The van der Waals surface area contributed by atoms with E-state index in [1.54, 1.807) is 6.92 Å². The van der Waals surface area contributed by atoms with E-state index in [1.807, 2.05) is 13.8 Å². The highest BCUT2D eigenvalue weighted by molar-refractivity contribution is 6.35. The van der Waals surface area contributed by atoms with E-state index in [0.717, 1.165) is 0 Å². The SMILES string of the molecule is Cc1nnc([C@@H](C)N[C@@H](C)c2cc(F)c(Cl)cc2Cl)o1. The van der Waals surface area contributed by atoms with Gasteiger partial charge in [-0.05, 0) is 31.5 Å². The molecule has 1 heterocycles. The van der Waals surface area contributed by atoms with Crippen LogP contribution in [0.15, 0.2) is 16.5 Å². The van der Waals surface area contributed by atoms with Gasteiger partial charge in [-0.3, -0.25) is 5.32 Å². The molecule has 0 saturated heterocycles. The molecule has 1 aromatic carbocycles. The van der Waals surface area contributed by atoms with Gasteiger partial charge < -0.3 is 4.42 Å². The molecule has 7 heteroatoms. The minimum Gasteiger partial charge on any atom is -0.424 e.